The van der Waals surface area contributed by atoms with Gasteiger partial charge < -0.3 is 21.1 Å². The molecule has 124 valence electrons. The molecule has 3 atom stereocenters. The third kappa shape index (κ3) is 3.08. The molecule has 5 heteroatoms. The lowest BCUT2D eigenvalue weighted by molar-refractivity contribution is 0.0928. The standard InChI is InChI=1S/C19H21N3O2/c20-14-3-7-16(8-4-14)24-15-5-1-13(2-6-15)19(23)22-18-10-12-9-17(18)21-11-12/h1-8,12,17-18,21H,9-11,20H2,(H,22,23). The Morgan fingerprint density at radius 1 is 1.04 bits per heavy atom. The highest BCUT2D eigenvalue weighted by atomic mass is 16.5. The molecule has 3 unspecified atom stereocenters. The quantitative estimate of drug-likeness (QED) is 0.756. The lowest BCUT2D eigenvalue weighted by Gasteiger charge is -2.24. The van der Waals surface area contributed by atoms with Gasteiger partial charge in [0, 0.05) is 23.3 Å². The van der Waals surface area contributed by atoms with Crippen LogP contribution in [-0.4, -0.2) is 24.5 Å². The Bertz CT molecular complexity index is 727. The van der Waals surface area contributed by atoms with Crippen LogP contribution in [0.5, 0.6) is 11.5 Å². The number of amides is 1. The van der Waals surface area contributed by atoms with Crippen molar-refractivity contribution in [3.63, 3.8) is 0 Å². The zero-order valence-electron chi connectivity index (χ0n) is 13.4. The Kier molecular flexibility index (Phi) is 3.86. The second kappa shape index (κ2) is 6.17. The molecule has 1 amide bonds. The molecule has 24 heavy (non-hydrogen) atoms. The van der Waals surface area contributed by atoms with Crippen LogP contribution in [0.1, 0.15) is 23.2 Å². The fourth-order valence-electron chi connectivity index (χ4n) is 3.61. The van der Waals surface area contributed by atoms with Crippen molar-refractivity contribution in [2.24, 2.45) is 5.92 Å². The number of anilines is 1. The highest BCUT2D eigenvalue weighted by Gasteiger charge is 2.39. The number of carbonyl (C=O) groups excluding carboxylic acids is 1. The summed E-state index contributed by atoms with van der Waals surface area (Å²) in [6.45, 7) is 1.09. The number of rotatable bonds is 4. The number of nitrogen functional groups attached to an aromatic ring is 1. The molecule has 5 nitrogen and oxygen atoms in total. The molecular weight excluding hydrogens is 302 g/mol. The zero-order chi connectivity index (χ0) is 16.5. The fourth-order valence-corrected chi connectivity index (χ4v) is 3.61. The van der Waals surface area contributed by atoms with Crippen LogP contribution in [0.3, 0.4) is 0 Å². The van der Waals surface area contributed by atoms with Crippen molar-refractivity contribution < 1.29 is 9.53 Å². The summed E-state index contributed by atoms with van der Waals surface area (Å²) in [5.74, 6) is 2.11. The van der Waals surface area contributed by atoms with Crippen molar-refractivity contribution in [3.05, 3.63) is 54.1 Å². The van der Waals surface area contributed by atoms with E-state index in [9.17, 15) is 4.79 Å². The SMILES string of the molecule is Nc1ccc(Oc2ccc(C(=O)NC3CC4CNC3C4)cc2)cc1. The predicted molar refractivity (Wildman–Crippen MR) is 93.1 cm³/mol. The van der Waals surface area contributed by atoms with Gasteiger partial charge in [-0.15, -0.1) is 0 Å². The summed E-state index contributed by atoms with van der Waals surface area (Å²) in [4.78, 5) is 12.4. The molecule has 4 N–H and O–H groups in total. The van der Waals surface area contributed by atoms with E-state index in [4.69, 9.17) is 10.5 Å². The highest BCUT2D eigenvalue weighted by molar-refractivity contribution is 5.94. The van der Waals surface area contributed by atoms with Crippen molar-refractivity contribution in [1.82, 2.24) is 10.6 Å². The summed E-state index contributed by atoms with van der Waals surface area (Å²) in [7, 11) is 0. The van der Waals surface area contributed by atoms with Crippen LogP contribution in [0.2, 0.25) is 0 Å². The van der Waals surface area contributed by atoms with Gasteiger partial charge >= 0.3 is 0 Å². The van der Waals surface area contributed by atoms with Crippen molar-refractivity contribution >= 4 is 11.6 Å². The summed E-state index contributed by atoms with van der Waals surface area (Å²) < 4.78 is 5.74. The number of fused-ring (bicyclic) bond motifs is 2. The van der Waals surface area contributed by atoms with E-state index in [1.807, 2.05) is 24.3 Å². The first-order valence-electron chi connectivity index (χ1n) is 8.35. The van der Waals surface area contributed by atoms with Crippen LogP contribution in [-0.2, 0) is 0 Å². The van der Waals surface area contributed by atoms with E-state index in [1.54, 1.807) is 24.3 Å². The van der Waals surface area contributed by atoms with Gasteiger partial charge in [-0.25, -0.2) is 0 Å². The number of hydrogen-bond donors (Lipinski definition) is 3. The Hall–Kier alpha value is -2.53. The molecule has 1 heterocycles. The summed E-state index contributed by atoms with van der Waals surface area (Å²) in [5, 5.41) is 6.61. The van der Waals surface area contributed by atoms with Gasteiger partial charge in [0.05, 0.1) is 0 Å². The lowest BCUT2D eigenvalue weighted by atomic mass is 10.1. The van der Waals surface area contributed by atoms with E-state index in [0.717, 1.165) is 24.6 Å². The van der Waals surface area contributed by atoms with E-state index >= 15 is 0 Å². The summed E-state index contributed by atoms with van der Waals surface area (Å²) >= 11 is 0. The molecule has 2 fully saturated rings. The smallest absolute Gasteiger partial charge is 0.251 e. The number of piperidine rings is 1. The molecule has 2 bridgehead atoms. The number of nitrogens with one attached hydrogen (secondary N) is 2. The van der Waals surface area contributed by atoms with Crippen molar-refractivity contribution in [2.45, 2.75) is 24.9 Å². The molecule has 1 aliphatic carbocycles. The predicted octanol–water partition coefficient (Wildman–Crippen LogP) is 2.54. The molecule has 1 aliphatic heterocycles. The van der Waals surface area contributed by atoms with Crippen molar-refractivity contribution in [3.8, 4) is 11.5 Å². The maximum Gasteiger partial charge on any atom is 0.251 e. The Balaban J connectivity index is 1.38. The third-order valence-electron chi connectivity index (χ3n) is 4.88. The third-order valence-corrected chi connectivity index (χ3v) is 4.88. The minimum absolute atomic E-state index is 0.0200. The van der Waals surface area contributed by atoms with Gasteiger partial charge in [0.2, 0.25) is 0 Å². The summed E-state index contributed by atoms with van der Waals surface area (Å²) in [5.41, 5.74) is 7.01. The Labute approximate surface area is 141 Å². The minimum Gasteiger partial charge on any atom is -0.457 e. The monoisotopic (exact) mass is 323 g/mol. The van der Waals surface area contributed by atoms with Crippen molar-refractivity contribution in [2.75, 3.05) is 12.3 Å². The number of nitrogens with two attached hydrogens (primary N) is 1. The molecule has 1 saturated heterocycles. The summed E-state index contributed by atoms with van der Waals surface area (Å²) in [6, 6.07) is 15.1. The maximum atomic E-state index is 12.4. The van der Waals surface area contributed by atoms with E-state index in [-0.39, 0.29) is 11.9 Å². The summed E-state index contributed by atoms with van der Waals surface area (Å²) in [6.07, 6.45) is 2.26. The topological polar surface area (TPSA) is 76.4 Å². The van der Waals surface area contributed by atoms with Gasteiger partial charge in [0.25, 0.3) is 5.91 Å². The molecule has 0 radical (unpaired) electrons. The second-order valence-corrected chi connectivity index (χ2v) is 6.63. The van der Waals surface area contributed by atoms with Crippen LogP contribution >= 0.6 is 0 Å². The average Bonchev–Trinajstić information content (AvgIpc) is 3.20. The van der Waals surface area contributed by atoms with E-state index < -0.39 is 0 Å². The van der Waals surface area contributed by atoms with Crippen LogP contribution < -0.4 is 21.1 Å². The second-order valence-electron chi connectivity index (χ2n) is 6.63. The Morgan fingerprint density at radius 3 is 2.29 bits per heavy atom. The number of benzene rings is 2. The number of ether oxygens (including phenoxy) is 1. The first-order chi connectivity index (χ1) is 11.7. The normalized spacial score (nSPS) is 24.8. The largest absolute Gasteiger partial charge is 0.457 e. The molecule has 4 rings (SSSR count). The lowest BCUT2D eigenvalue weighted by Crippen LogP contribution is -2.47. The number of hydrogen-bond acceptors (Lipinski definition) is 4. The van der Waals surface area contributed by atoms with Gasteiger partial charge in [-0.1, -0.05) is 0 Å². The molecule has 0 spiro atoms. The highest BCUT2D eigenvalue weighted by Crippen LogP contribution is 2.31. The van der Waals surface area contributed by atoms with Crippen molar-refractivity contribution in [1.29, 1.82) is 0 Å². The molecular formula is C19H21N3O2. The van der Waals surface area contributed by atoms with Gasteiger partial charge in [-0.2, -0.15) is 0 Å². The fraction of sp³-hybridized carbons (Fsp3) is 0.316. The maximum absolute atomic E-state index is 12.4. The molecule has 2 aliphatic rings. The van der Waals surface area contributed by atoms with Gasteiger partial charge in [0.15, 0.2) is 0 Å². The first kappa shape index (κ1) is 15.0. The molecule has 2 aromatic rings. The molecule has 0 aromatic heterocycles. The van der Waals surface area contributed by atoms with E-state index in [2.05, 4.69) is 10.6 Å². The average molecular weight is 323 g/mol. The van der Waals surface area contributed by atoms with Crippen LogP contribution in [0.25, 0.3) is 0 Å². The molecule has 2 aromatic carbocycles. The number of carbonyl (C=O) groups is 1. The Morgan fingerprint density at radius 2 is 1.71 bits per heavy atom. The van der Waals surface area contributed by atoms with Crippen LogP contribution in [0.4, 0.5) is 5.69 Å². The van der Waals surface area contributed by atoms with Gasteiger partial charge in [0.1, 0.15) is 11.5 Å². The van der Waals surface area contributed by atoms with Crippen LogP contribution in [0, 0.1) is 5.92 Å². The molecule has 1 saturated carbocycles. The van der Waals surface area contributed by atoms with Gasteiger partial charge in [-0.3, -0.25) is 4.79 Å². The van der Waals surface area contributed by atoms with Gasteiger partial charge in [-0.05, 0) is 73.8 Å². The van der Waals surface area contributed by atoms with E-state index in [0.29, 0.717) is 23.0 Å². The van der Waals surface area contributed by atoms with Crippen LogP contribution in [0.15, 0.2) is 48.5 Å². The minimum atomic E-state index is -0.0200. The zero-order valence-corrected chi connectivity index (χ0v) is 13.4. The van der Waals surface area contributed by atoms with E-state index in [1.165, 1.54) is 6.42 Å². The first-order valence-corrected chi connectivity index (χ1v) is 8.35.